The monoisotopic (exact) mass is 346 g/mol. The van der Waals surface area contributed by atoms with Crippen LogP contribution in [0.1, 0.15) is 17.2 Å². The Hall–Kier alpha value is -0.970. The minimum Gasteiger partial charge on any atom is -0.388 e. The summed E-state index contributed by atoms with van der Waals surface area (Å²) >= 11 is 9.02. The third kappa shape index (κ3) is 3.32. The average molecular weight is 348 g/mol. The third-order valence-corrected chi connectivity index (χ3v) is 3.97. The van der Waals surface area contributed by atoms with E-state index in [4.69, 9.17) is 11.6 Å². The van der Waals surface area contributed by atoms with Crippen LogP contribution in [0.4, 0.5) is 8.78 Å². The molecule has 1 N–H and O–H groups in total. The molecule has 0 radical (unpaired) electrons. The molecule has 0 bridgehead atoms. The predicted molar refractivity (Wildman–Crippen MR) is 74.2 cm³/mol. The third-order valence-electron chi connectivity index (χ3n) is 2.76. The molecule has 5 heteroatoms. The van der Waals surface area contributed by atoms with Gasteiger partial charge in [-0.1, -0.05) is 23.7 Å². The van der Waals surface area contributed by atoms with Crippen LogP contribution in [0.5, 0.6) is 0 Å². The highest BCUT2D eigenvalue weighted by Crippen LogP contribution is 2.30. The minimum absolute atomic E-state index is 0.110. The molecule has 0 aliphatic heterocycles. The van der Waals surface area contributed by atoms with Gasteiger partial charge in [-0.25, -0.2) is 8.78 Å². The Labute approximate surface area is 123 Å². The summed E-state index contributed by atoms with van der Waals surface area (Å²) in [6.45, 7) is 0. The highest BCUT2D eigenvalue weighted by atomic mass is 79.9. The number of halogens is 4. The van der Waals surface area contributed by atoms with Gasteiger partial charge in [0.1, 0.15) is 11.6 Å². The van der Waals surface area contributed by atoms with Crippen molar-refractivity contribution in [3.8, 4) is 0 Å². The second-order valence-electron chi connectivity index (χ2n) is 4.10. The topological polar surface area (TPSA) is 20.2 Å². The van der Waals surface area contributed by atoms with E-state index in [2.05, 4.69) is 15.9 Å². The molecule has 0 aliphatic carbocycles. The van der Waals surface area contributed by atoms with Crippen LogP contribution in [0.3, 0.4) is 0 Å². The van der Waals surface area contributed by atoms with Crippen LogP contribution >= 0.6 is 27.5 Å². The first kappa shape index (κ1) is 14.4. The minimum atomic E-state index is -0.968. The highest BCUT2D eigenvalue weighted by Gasteiger charge is 2.16. The van der Waals surface area contributed by atoms with E-state index in [1.807, 2.05) is 0 Å². The van der Waals surface area contributed by atoms with Gasteiger partial charge in [0, 0.05) is 11.4 Å². The molecule has 0 heterocycles. The normalized spacial score (nSPS) is 12.5. The van der Waals surface area contributed by atoms with Gasteiger partial charge in [-0.15, -0.1) is 0 Å². The molecule has 0 saturated carbocycles. The summed E-state index contributed by atoms with van der Waals surface area (Å²) in [7, 11) is 0. The molecular weight excluding hydrogens is 338 g/mol. The van der Waals surface area contributed by atoms with Crippen molar-refractivity contribution in [1.29, 1.82) is 0 Å². The van der Waals surface area contributed by atoms with E-state index in [1.165, 1.54) is 30.3 Å². The maximum Gasteiger partial charge on any atom is 0.137 e. The number of rotatable bonds is 3. The number of hydrogen-bond donors (Lipinski definition) is 1. The second kappa shape index (κ2) is 5.99. The van der Waals surface area contributed by atoms with Crippen LogP contribution in [0, 0.1) is 11.6 Å². The van der Waals surface area contributed by atoms with Crippen LogP contribution in [0.25, 0.3) is 0 Å². The Balaban J connectivity index is 2.28. The summed E-state index contributed by atoms with van der Waals surface area (Å²) in [5.41, 5.74) is 0.880. The van der Waals surface area contributed by atoms with Crippen LogP contribution in [0.2, 0.25) is 5.02 Å². The van der Waals surface area contributed by atoms with Crippen molar-refractivity contribution >= 4 is 27.5 Å². The van der Waals surface area contributed by atoms with Gasteiger partial charge in [-0.2, -0.15) is 0 Å². The van der Waals surface area contributed by atoms with E-state index in [-0.39, 0.29) is 10.9 Å². The standard InChI is InChI=1S/C14H10BrClF2O/c15-14-10(2-1-3-12(14)18)13(19)7-8-6-9(17)4-5-11(8)16/h1-6,13,19H,7H2. The zero-order chi connectivity index (χ0) is 14.0. The lowest BCUT2D eigenvalue weighted by Gasteiger charge is -2.14. The van der Waals surface area contributed by atoms with E-state index in [0.717, 1.165) is 0 Å². The Morgan fingerprint density at radius 3 is 2.68 bits per heavy atom. The molecule has 19 heavy (non-hydrogen) atoms. The van der Waals surface area contributed by atoms with Gasteiger partial charge in [-0.05, 0) is 51.3 Å². The van der Waals surface area contributed by atoms with Gasteiger partial charge >= 0.3 is 0 Å². The number of aliphatic hydroxyl groups excluding tert-OH is 1. The maximum absolute atomic E-state index is 13.4. The average Bonchev–Trinajstić information content (AvgIpc) is 2.37. The molecule has 0 spiro atoms. The van der Waals surface area contributed by atoms with E-state index >= 15 is 0 Å². The molecule has 2 aromatic rings. The van der Waals surface area contributed by atoms with Crippen molar-refractivity contribution in [2.75, 3.05) is 0 Å². The molecule has 2 aromatic carbocycles. The Bertz CT molecular complexity index is 604. The van der Waals surface area contributed by atoms with Crippen molar-refractivity contribution in [1.82, 2.24) is 0 Å². The highest BCUT2D eigenvalue weighted by molar-refractivity contribution is 9.10. The largest absolute Gasteiger partial charge is 0.388 e. The summed E-state index contributed by atoms with van der Waals surface area (Å²) in [6.07, 6.45) is -0.858. The van der Waals surface area contributed by atoms with Crippen LogP contribution in [-0.4, -0.2) is 5.11 Å². The number of benzene rings is 2. The molecular formula is C14H10BrClF2O. The predicted octanol–water partition coefficient (Wildman–Crippen LogP) is 4.66. The molecule has 1 unspecified atom stereocenters. The summed E-state index contributed by atoms with van der Waals surface area (Å²) in [4.78, 5) is 0. The lowest BCUT2D eigenvalue weighted by atomic mass is 10.0. The fourth-order valence-corrected chi connectivity index (χ4v) is 2.52. The Kier molecular flexibility index (Phi) is 4.55. The molecule has 2 rings (SSSR count). The van der Waals surface area contributed by atoms with E-state index in [0.29, 0.717) is 16.1 Å². The first-order chi connectivity index (χ1) is 8.99. The summed E-state index contributed by atoms with van der Waals surface area (Å²) in [6, 6.07) is 8.33. The van der Waals surface area contributed by atoms with Crippen LogP contribution in [-0.2, 0) is 6.42 Å². The smallest absolute Gasteiger partial charge is 0.137 e. The van der Waals surface area contributed by atoms with Crippen molar-refractivity contribution in [2.45, 2.75) is 12.5 Å². The van der Waals surface area contributed by atoms with Gasteiger partial charge in [0.25, 0.3) is 0 Å². The number of aliphatic hydroxyl groups is 1. The molecule has 0 aliphatic rings. The Morgan fingerprint density at radius 1 is 1.21 bits per heavy atom. The SMILES string of the molecule is OC(Cc1cc(F)ccc1Cl)c1cccc(F)c1Br. The molecule has 100 valence electrons. The maximum atomic E-state index is 13.4. The zero-order valence-electron chi connectivity index (χ0n) is 9.71. The molecule has 0 amide bonds. The zero-order valence-corrected chi connectivity index (χ0v) is 12.0. The molecule has 0 aromatic heterocycles. The Morgan fingerprint density at radius 2 is 1.95 bits per heavy atom. The summed E-state index contributed by atoms with van der Waals surface area (Å²) < 4.78 is 26.7. The summed E-state index contributed by atoms with van der Waals surface area (Å²) in [5.74, 6) is -0.883. The van der Waals surface area contributed by atoms with Crippen LogP contribution < -0.4 is 0 Å². The van der Waals surface area contributed by atoms with Crippen LogP contribution in [0.15, 0.2) is 40.9 Å². The first-order valence-corrected chi connectivity index (χ1v) is 6.72. The fraction of sp³-hybridized carbons (Fsp3) is 0.143. The first-order valence-electron chi connectivity index (χ1n) is 5.55. The van der Waals surface area contributed by atoms with Crippen molar-refractivity contribution in [2.24, 2.45) is 0 Å². The van der Waals surface area contributed by atoms with Gasteiger partial charge in [0.2, 0.25) is 0 Å². The van der Waals surface area contributed by atoms with E-state index < -0.39 is 17.7 Å². The van der Waals surface area contributed by atoms with Gasteiger partial charge < -0.3 is 5.11 Å². The van der Waals surface area contributed by atoms with Gasteiger partial charge in [0.15, 0.2) is 0 Å². The van der Waals surface area contributed by atoms with Crippen molar-refractivity contribution in [3.05, 3.63) is 68.7 Å². The summed E-state index contributed by atoms with van der Waals surface area (Å²) in [5, 5.41) is 10.5. The van der Waals surface area contributed by atoms with Crippen molar-refractivity contribution in [3.63, 3.8) is 0 Å². The molecule has 0 saturated heterocycles. The molecule has 1 nitrogen and oxygen atoms in total. The van der Waals surface area contributed by atoms with Gasteiger partial charge in [0.05, 0.1) is 10.6 Å². The van der Waals surface area contributed by atoms with E-state index in [9.17, 15) is 13.9 Å². The van der Waals surface area contributed by atoms with Gasteiger partial charge in [-0.3, -0.25) is 0 Å². The quantitative estimate of drug-likeness (QED) is 0.856. The fourth-order valence-electron chi connectivity index (χ4n) is 1.80. The second-order valence-corrected chi connectivity index (χ2v) is 5.30. The lowest BCUT2D eigenvalue weighted by Crippen LogP contribution is -2.04. The van der Waals surface area contributed by atoms with Crippen molar-refractivity contribution < 1.29 is 13.9 Å². The molecule has 0 fully saturated rings. The van der Waals surface area contributed by atoms with E-state index in [1.54, 1.807) is 6.07 Å². The number of hydrogen-bond acceptors (Lipinski definition) is 1. The molecule has 1 atom stereocenters. The lowest BCUT2D eigenvalue weighted by molar-refractivity contribution is 0.177.